The van der Waals surface area contributed by atoms with E-state index in [2.05, 4.69) is 35.8 Å². The Bertz CT molecular complexity index is 222. The van der Waals surface area contributed by atoms with Gasteiger partial charge in [0.05, 0.1) is 6.00 Å². The molecule has 0 atom stereocenters. The number of alkyl halides is 1. The van der Waals surface area contributed by atoms with Crippen LogP contribution in [0.25, 0.3) is 0 Å². The highest BCUT2D eigenvalue weighted by molar-refractivity contribution is 7.98. The summed E-state index contributed by atoms with van der Waals surface area (Å²) in [5.74, 6) is 0. The van der Waals surface area contributed by atoms with Crippen molar-refractivity contribution >= 4 is 23.4 Å². The fourth-order valence-electron chi connectivity index (χ4n) is 0.935. The van der Waals surface area contributed by atoms with Crippen LogP contribution in [-0.4, -0.2) is 12.3 Å². The van der Waals surface area contributed by atoms with Gasteiger partial charge in [0.25, 0.3) is 0 Å². The molecule has 1 N–H and O–H groups in total. The molecule has 1 aromatic rings. The van der Waals surface area contributed by atoms with Gasteiger partial charge in [0.15, 0.2) is 0 Å². The minimum absolute atomic E-state index is 0.504. The van der Waals surface area contributed by atoms with Gasteiger partial charge in [0, 0.05) is 11.4 Å². The second kappa shape index (κ2) is 5.46. The smallest absolute Gasteiger partial charge is 0.0716 e. The maximum Gasteiger partial charge on any atom is 0.0716 e. The number of nitrogens with one attached hydrogen (secondary N) is 1. The van der Waals surface area contributed by atoms with Gasteiger partial charge in [-0.25, -0.2) is 0 Å². The van der Waals surface area contributed by atoms with Crippen molar-refractivity contribution in [2.75, 3.05) is 12.3 Å². The first kappa shape index (κ1) is 9.90. The molecule has 0 saturated heterocycles. The number of hydrogen-bond acceptors (Lipinski definition) is 2. The molecule has 1 aromatic carbocycles. The van der Waals surface area contributed by atoms with E-state index in [1.165, 1.54) is 10.5 Å². The number of thioether (sulfide) groups is 1. The first-order valence-electron chi connectivity index (χ1n) is 3.76. The summed E-state index contributed by atoms with van der Waals surface area (Å²) < 4.78 is 0. The van der Waals surface area contributed by atoms with Gasteiger partial charge in [0.2, 0.25) is 0 Å². The zero-order valence-electron chi connectivity index (χ0n) is 7.01. The standard InChI is InChI=1S/C9H12ClNS/c1-12-9-4-2-8(3-5-9)6-11-7-10/h2-5,11H,6-7H2,1H3. The van der Waals surface area contributed by atoms with Crippen molar-refractivity contribution in [3.05, 3.63) is 29.8 Å². The monoisotopic (exact) mass is 201 g/mol. The molecule has 0 spiro atoms. The van der Waals surface area contributed by atoms with Crippen molar-refractivity contribution in [3.63, 3.8) is 0 Å². The summed E-state index contributed by atoms with van der Waals surface area (Å²) in [6.45, 7) is 0.845. The Hall–Kier alpha value is -0.180. The Balaban J connectivity index is 2.53. The van der Waals surface area contributed by atoms with Crippen LogP contribution in [0.15, 0.2) is 29.2 Å². The molecular weight excluding hydrogens is 190 g/mol. The van der Waals surface area contributed by atoms with Crippen LogP contribution in [-0.2, 0) is 6.54 Å². The summed E-state index contributed by atoms with van der Waals surface area (Å²) in [6.07, 6.45) is 2.08. The van der Waals surface area contributed by atoms with Gasteiger partial charge in [-0.15, -0.1) is 23.4 Å². The summed E-state index contributed by atoms with van der Waals surface area (Å²) in [6, 6.07) is 8.98. The van der Waals surface area contributed by atoms with Crippen molar-refractivity contribution < 1.29 is 0 Å². The third-order valence-corrected chi connectivity index (χ3v) is 2.52. The average Bonchev–Trinajstić information content (AvgIpc) is 2.15. The Kier molecular flexibility index (Phi) is 4.51. The molecule has 1 nitrogen and oxygen atoms in total. The third-order valence-electron chi connectivity index (χ3n) is 1.58. The summed E-state index contributed by atoms with van der Waals surface area (Å²) in [5, 5.41) is 3.06. The maximum atomic E-state index is 5.49. The van der Waals surface area contributed by atoms with E-state index in [1.807, 2.05) is 0 Å². The highest BCUT2D eigenvalue weighted by Gasteiger charge is 1.91. The van der Waals surface area contributed by atoms with E-state index in [1.54, 1.807) is 11.8 Å². The van der Waals surface area contributed by atoms with Gasteiger partial charge in [-0.05, 0) is 24.0 Å². The second-order valence-electron chi connectivity index (χ2n) is 2.41. The molecule has 0 amide bonds. The normalized spacial score (nSPS) is 10.2. The molecular formula is C9H12ClNS. The molecule has 3 heteroatoms. The molecule has 0 unspecified atom stereocenters. The van der Waals surface area contributed by atoms with Crippen LogP contribution >= 0.6 is 23.4 Å². The number of benzene rings is 1. The highest BCUT2D eigenvalue weighted by Crippen LogP contribution is 2.14. The van der Waals surface area contributed by atoms with Crippen molar-refractivity contribution in [1.82, 2.24) is 5.32 Å². The molecule has 0 fully saturated rings. The molecule has 0 aliphatic carbocycles. The quantitative estimate of drug-likeness (QED) is 0.457. The van der Waals surface area contributed by atoms with Gasteiger partial charge < -0.3 is 0 Å². The lowest BCUT2D eigenvalue weighted by Gasteiger charge is -2.01. The van der Waals surface area contributed by atoms with E-state index < -0.39 is 0 Å². The van der Waals surface area contributed by atoms with E-state index in [4.69, 9.17) is 11.6 Å². The van der Waals surface area contributed by atoms with Crippen LogP contribution in [0.1, 0.15) is 5.56 Å². The van der Waals surface area contributed by atoms with Crippen LogP contribution in [0.2, 0.25) is 0 Å². The molecule has 66 valence electrons. The first-order valence-corrected chi connectivity index (χ1v) is 5.52. The summed E-state index contributed by atoms with van der Waals surface area (Å²) in [7, 11) is 0. The first-order chi connectivity index (χ1) is 5.86. The molecule has 0 saturated carbocycles. The Morgan fingerprint density at radius 1 is 1.33 bits per heavy atom. The summed E-state index contributed by atoms with van der Waals surface area (Å²) in [4.78, 5) is 1.30. The lowest BCUT2D eigenvalue weighted by molar-refractivity contribution is 0.791. The number of rotatable bonds is 4. The predicted octanol–water partition coefficient (Wildman–Crippen LogP) is 2.69. The van der Waals surface area contributed by atoms with Crippen LogP contribution in [0.4, 0.5) is 0 Å². The van der Waals surface area contributed by atoms with Crippen LogP contribution < -0.4 is 5.32 Å². The topological polar surface area (TPSA) is 12.0 Å². The largest absolute Gasteiger partial charge is 0.300 e. The van der Waals surface area contributed by atoms with E-state index in [9.17, 15) is 0 Å². The molecule has 0 aliphatic rings. The summed E-state index contributed by atoms with van der Waals surface area (Å²) >= 11 is 7.25. The lowest BCUT2D eigenvalue weighted by atomic mass is 10.2. The van der Waals surface area contributed by atoms with Crippen molar-refractivity contribution in [1.29, 1.82) is 0 Å². The second-order valence-corrected chi connectivity index (χ2v) is 3.56. The van der Waals surface area contributed by atoms with Gasteiger partial charge >= 0.3 is 0 Å². The fraction of sp³-hybridized carbons (Fsp3) is 0.333. The average molecular weight is 202 g/mol. The van der Waals surface area contributed by atoms with Gasteiger partial charge in [-0.3, -0.25) is 5.32 Å². The minimum atomic E-state index is 0.504. The highest BCUT2D eigenvalue weighted by atomic mass is 35.5. The lowest BCUT2D eigenvalue weighted by Crippen LogP contribution is -2.09. The van der Waals surface area contributed by atoms with Crippen LogP contribution in [0, 0.1) is 0 Å². The predicted molar refractivity (Wildman–Crippen MR) is 55.8 cm³/mol. The zero-order chi connectivity index (χ0) is 8.81. The van der Waals surface area contributed by atoms with E-state index in [-0.39, 0.29) is 0 Å². The fourth-order valence-corrected chi connectivity index (χ4v) is 1.44. The van der Waals surface area contributed by atoms with Crippen LogP contribution in [0.3, 0.4) is 0 Å². The molecule has 0 aliphatic heterocycles. The summed E-state index contributed by atoms with van der Waals surface area (Å²) in [5.41, 5.74) is 1.27. The maximum absolute atomic E-state index is 5.49. The SMILES string of the molecule is CSc1ccc(CNCCl)cc1. The molecule has 0 heterocycles. The van der Waals surface area contributed by atoms with E-state index in [0.717, 1.165) is 6.54 Å². The van der Waals surface area contributed by atoms with Crippen molar-refractivity contribution in [2.45, 2.75) is 11.4 Å². The van der Waals surface area contributed by atoms with Gasteiger partial charge in [-0.2, -0.15) is 0 Å². The van der Waals surface area contributed by atoms with Crippen molar-refractivity contribution in [2.24, 2.45) is 0 Å². The van der Waals surface area contributed by atoms with Gasteiger partial charge in [-0.1, -0.05) is 12.1 Å². The molecule has 0 radical (unpaired) electrons. The third kappa shape index (κ3) is 3.05. The number of halogens is 1. The zero-order valence-corrected chi connectivity index (χ0v) is 8.58. The Morgan fingerprint density at radius 2 is 2.00 bits per heavy atom. The van der Waals surface area contributed by atoms with E-state index >= 15 is 0 Å². The van der Waals surface area contributed by atoms with Crippen molar-refractivity contribution in [3.8, 4) is 0 Å². The van der Waals surface area contributed by atoms with Gasteiger partial charge in [0.1, 0.15) is 0 Å². The molecule has 0 bridgehead atoms. The minimum Gasteiger partial charge on any atom is -0.300 e. The molecule has 0 aromatic heterocycles. The molecule has 1 rings (SSSR count). The Labute approximate surface area is 82.5 Å². The van der Waals surface area contributed by atoms with Crippen LogP contribution in [0.5, 0.6) is 0 Å². The Morgan fingerprint density at radius 3 is 2.50 bits per heavy atom. The van der Waals surface area contributed by atoms with E-state index in [0.29, 0.717) is 6.00 Å². The number of hydrogen-bond donors (Lipinski definition) is 1. The molecule has 12 heavy (non-hydrogen) atoms.